The number of anilines is 3. The molecule has 0 spiro atoms. The van der Waals surface area contributed by atoms with Crippen LogP contribution >= 0.6 is 22.9 Å². The van der Waals surface area contributed by atoms with E-state index in [4.69, 9.17) is 32.5 Å². The maximum absolute atomic E-state index is 16.9. The molecule has 2 aromatic carbocycles. The van der Waals surface area contributed by atoms with Gasteiger partial charge < -0.3 is 25.8 Å². The summed E-state index contributed by atoms with van der Waals surface area (Å²) in [6.45, 7) is 3.43. The summed E-state index contributed by atoms with van der Waals surface area (Å²) in [7, 11) is 1.21. The molecule has 6 rings (SSSR count). The van der Waals surface area contributed by atoms with Gasteiger partial charge in [0.1, 0.15) is 52.0 Å². The largest absolute Gasteiger partial charge is 0.490 e. The smallest absolute Gasteiger partial charge is 0.420 e. The third-order valence-corrected chi connectivity index (χ3v) is 8.79. The van der Waals surface area contributed by atoms with E-state index in [0.29, 0.717) is 16.9 Å². The summed E-state index contributed by atoms with van der Waals surface area (Å²) in [6.07, 6.45) is -2.11. The number of hydrogen-bond donors (Lipinski definition) is 2. The maximum Gasteiger partial charge on any atom is 0.420 e. The average Bonchev–Trinajstić information content (AvgIpc) is 3.25. The molecule has 0 radical (unpaired) electrons. The van der Waals surface area contributed by atoms with Crippen LogP contribution in [0.5, 0.6) is 11.8 Å². The predicted molar refractivity (Wildman–Crippen MR) is 165 cm³/mol. The Hall–Kier alpha value is -4.94. The monoisotopic (exact) mass is 673 g/mol. The van der Waals surface area contributed by atoms with Crippen LogP contribution < -0.4 is 25.8 Å². The molecule has 46 heavy (non-hydrogen) atoms. The minimum atomic E-state index is -5.22. The van der Waals surface area contributed by atoms with E-state index < -0.39 is 57.2 Å². The number of thiophene rings is 1. The highest BCUT2D eigenvalue weighted by molar-refractivity contribution is 7.23. The van der Waals surface area contributed by atoms with Crippen LogP contribution in [0, 0.1) is 23.0 Å². The van der Waals surface area contributed by atoms with Crippen molar-refractivity contribution < 1.29 is 31.4 Å². The first-order valence-electron chi connectivity index (χ1n) is 13.4. The summed E-state index contributed by atoms with van der Waals surface area (Å²) < 4.78 is 88.2. The topological polar surface area (TPSA) is 136 Å². The maximum atomic E-state index is 16.9. The summed E-state index contributed by atoms with van der Waals surface area (Å²) in [5.41, 5.74) is 8.77. The molecule has 0 fully saturated rings. The molecule has 0 bridgehead atoms. The Balaban J connectivity index is 1.76. The molecule has 1 atom stereocenters. The number of hydrogen-bond acceptors (Lipinski definition) is 10. The van der Waals surface area contributed by atoms with Crippen LogP contribution in [0.4, 0.5) is 38.6 Å². The van der Waals surface area contributed by atoms with Gasteiger partial charge in [0.25, 0.3) is 0 Å². The number of nitrogen functional groups attached to an aromatic ring is 2. The number of rotatable bonds is 6. The first kappa shape index (κ1) is 31.1. The molecule has 4 N–H and O–H groups in total. The van der Waals surface area contributed by atoms with Crippen LogP contribution in [0.3, 0.4) is 0 Å². The number of alkyl halides is 3. The van der Waals surface area contributed by atoms with Gasteiger partial charge in [-0.3, -0.25) is 0 Å². The number of nitrogens with zero attached hydrogens (tertiary/aromatic N) is 5. The molecule has 5 aromatic rings. The van der Waals surface area contributed by atoms with E-state index in [-0.39, 0.29) is 62.9 Å². The Labute approximate surface area is 266 Å². The highest BCUT2D eigenvalue weighted by Gasteiger charge is 2.44. The second-order valence-electron chi connectivity index (χ2n) is 10.1. The first-order valence-corrected chi connectivity index (χ1v) is 14.6. The summed E-state index contributed by atoms with van der Waals surface area (Å²) in [5, 5.41) is 9.24. The van der Waals surface area contributed by atoms with Gasteiger partial charge in [0.15, 0.2) is 5.82 Å². The van der Waals surface area contributed by atoms with Crippen LogP contribution in [0.25, 0.3) is 32.1 Å². The highest BCUT2D eigenvalue weighted by atomic mass is 35.5. The van der Waals surface area contributed by atoms with Crippen LogP contribution in [-0.2, 0) is 6.18 Å². The summed E-state index contributed by atoms with van der Waals surface area (Å²) in [4.78, 5) is 14.2. The Morgan fingerprint density at radius 1 is 1.26 bits per heavy atom. The molecule has 1 aliphatic rings. The van der Waals surface area contributed by atoms with Crippen molar-refractivity contribution in [2.45, 2.75) is 18.6 Å². The quantitative estimate of drug-likeness (QED) is 0.139. The Bertz CT molecular complexity index is 2120. The molecule has 0 saturated carbocycles. The predicted octanol–water partition coefficient (Wildman–Crippen LogP) is 7.42. The van der Waals surface area contributed by atoms with Crippen molar-refractivity contribution in [3.8, 4) is 29.0 Å². The van der Waals surface area contributed by atoms with E-state index >= 15 is 17.6 Å². The van der Waals surface area contributed by atoms with Crippen LogP contribution in [0.2, 0.25) is 5.02 Å². The third kappa shape index (κ3) is 4.85. The number of fused-ring (bicyclic) bond motifs is 1. The van der Waals surface area contributed by atoms with E-state index in [1.54, 1.807) is 23.1 Å². The van der Waals surface area contributed by atoms with Gasteiger partial charge in [0.2, 0.25) is 0 Å². The van der Waals surface area contributed by atoms with Gasteiger partial charge in [-0.15, -0.1) is 17.9 Å². The molecule has 4 heterocycles. The van der Waals surface area contributed by atoms with Crippen molar-refractivity contribution in [1.29, 1.82) is 5.26 Å². The van der Waals surface area contributed by atoms with Crippen molar-refractivity contribution in [1.82, 2.24) is 15.0 Å². The minimum absolute atomic E-state index is 0.0525. The number of nitriles is 1. The molecule has 0 saturated heterocycles. The molecule has 16 heteroatoms. The Morgan fingerprint density at radius 3 is 2.70 bits per heavy atom. The average molecular weight is 674 g/mol. The fraction of sp³-hybridized carbons (Fsp3) is 0.200. The fourth-order valence-electron chi connectivity index (χ4n) is 5.71. The van der Waals surface area contributed by atoms with Gasteiger partial charge in [0, 0.05) is 22.7 Å². The Morgan fingerprint density at radius 2 is 2.02 bits per heavy atom. The van der Waals surface area contributed by atoms with Gasteiger partial charge in [-0.25, -0.2) is 13.8 Å². The van der Waals surface area contributed by atoms with Gasteiger partial charge in [-0.05, 0) is 24.1 Å². The second kappa shape index (κ2) is 11.5. The zero-order chi connectivity index (χ0) is 33.1. The van der Waals surface area contributed by atoms with Gasteiger partial charge in [-0.1, -0.05) is 23.7 Å². The van der Waals surface area contributed by atoms with E-state index in [9.17, 15) is 9.65 Å². The second-order valence-corrected chi connectivity index (χ2v) is 11.6. The third-order valence-electron chi connectivity index (χ3n) is 7.56. The van der Waals surface area contributed by atoms with E-state index in [2.05, 4.69) is 21.5 Å². The number of methoxy groups -OCH3 is 1. The molecular weight excluding hydrogens is 653 g/mol. The standard InChI is InChI=1S/C30H21ClF5N7O2S/c1-3-4-17(14-9-12(31)11-40-26(14)38)43-7-8-45-24-20-23(41-29(44-2)42-28(20)43)22(33)19(21(24)30(34,35)36)13-5-6-16(32)25-18(13)15(10-37)27(39)46-25/h3,5-6,9,11,17H,1,4,7-8,39H2,2H3,(H2,38,40)/t17-/m1/s1. The summed E-state index contributed by atoms with van der Waals surface area (Å²) >= 11 is 6.89. The SMILES string of the molecule is C=CC[C@H](c1cc(Cl)cnc1N)N1CCOc2c(C(F)(F)F)c(-c3ccc(F)c4sc(N)c(C#N)c34)c(F)c3nc(OC)nc1c23. The van der Waals surface area contributed by atoms with Crippen molar-refractivity contribution in [3.63, 3.8) is 0 Å². The number of benzene rings is 2. The van der Waals surface area contributed by atoms with E-state index in [1.807, 2.05) is 0 Å². The normalized spacial score (nSPS) is 13.7. The molecule has 0 amide bonds. The molecule has 236 valence electrons. The lowest BCUT2D eigenvalue weighted by Gasteiger charge is -2.32. The molecule has 9 nitrogen and oxygen atoms in total. The summed E-state index contributed by atoms with van der Waals surface area (Å²) in [5.74, 6) is -3.07. The zero-order valence-corrected chi connectivity index (χ0v) is 25.2. The molecular formula is C30H21ClF5N7O2S. The lowest BCUT2D eigenvalue weighted by Crippen LogP contribution is -2.33. The minimum Gasteiger partial charge on any atom is -0.490 e. The molecule has 0 unspecified atom stereocenters. The highest BCUT2D eigenvalue weighted by Crippen LogP contribution is 2.54. The Kier molecular flexibility index (Phi) is 7.73. The lowest BCUT2D eigenvalue weighted by atomic mass is 9.91. The van der Waals surface area contributed by atoms with Crippen LogP contribution in [-0.4, -0.2) is 35.2 Å². The molecule has 0 aliphatic carbocycles. The number of nitrogens with two attached hydrogens (primary N) is 2. The van der Waals surface area contributed by atoms with Gasteiger partial charge in [-0.2, -0.15) is 28.4 Å². The van der Waals surface area contributed by atoms with E-state index in [0.717, 1.165) is 12.1 Å². The van der Waals surface area contributed by atoms with Crippen LogP contribution in [0.1, 0.15) is 29.2 Å². The van der Waals surface area contributed by atoms with Crippen molar-refractivity contribution in [2.75, 3.05) is 36.6 Å². The van der Waals surface area contributed by atoms with Crippen molar-refractivity contribution in [2.24, 2.45) is 0 Å². The fourth-order valence-corrected chi connectivity index (χ4v) is 6.82. The molecule has 3 aromatic heterocycles. The first-order chi connectivity index (χ1) is 21.9. The van der Waals surface area contributed by atoms with Crippen molar-refractivity contribution >= 4 is 60.6 Å². The number of ether oxygens (including phenoxy) is 2. The van der Waals surface area contributed by atoms with Crippen LogP contribution in [0.15, 0.2) is 37.1 Å². The van der Waals surface area contributed by atoms with Gasteiger partial charge >= 0.3 is 12.2 Å². The van der Waals surface area contributed by atoms with Crippen molar-refractivity contribution in [3.05, 3.63) is 70.4 Å². The zero-order valence-electron chi connectivity index (χ0n) is 23.7. The van der Waals surface area contributed by atoms with E-state index in [1.165, 1.54) is 13.3 Å². The molecule has 1 aliphatic heterocycles. The number of aromatic nitrogens is 3. The van der Waals surface area contributed by atoms with Gasteiger partial charge in [0.05, 0.1) is 40.4 Å². The lowest BCUT2D eigenvalue weighted by molar-refractivity contribution is -0.138. The summed E-state index contributed by atoms with van der Waals surface area (Å²) in [6, 6.07) is 4.12. The number of pyridine rings is 1. The number of halogens is 6.